The molecule has 1 amide bonds. The van der Waals surface area contributed by atoms with Crippen LogP contribution in [0.4, 0.5) is 0 Å². The van der Waals surface area contributed by atoms with E-state index in [1.807, 2.05) is 11.9 Å². The van der Waals surface area contributed by atoms with Crippen molar-refractivity contribution in [1.29, 1.82) is 0 Å². The first-order chi connectivity index (χ1) is 11.5. The first-order valence-electron chi connectivity index (χ1n) is 8.15. The predicted molar refractivity (Wildman–Crippen MR) is 92.9 cm³/mol. The Morgan fingerprint density at radius 3 is 2.88 bits per heavy atom. The Labute approximate surface area is 147 Å². The summed E-state index contributed by atoms with van der Waals surface area (Å²) in [6.45, 7) is 1.65. The molecule has 0 unspecified atom stereocenters. The Morgan fingerprint density at radius 1 is 1.42 bits per heavy atom. The number of fused-ring (bicyclic) bond motifs is 1. The summed E-state index contributed by atoms with van der Waals surface area (Å²) in [5.41, 5.74) is 2.77. The highest BCUT2D eigenvalue weighted by molar-refractivity contribution is 6.29. The van der Waals surface area contributed by atoms with Crippen molar-refractivity contribution in [2.75, 3.05) is 20.6 Å². The minimum Gasteiger partial charge on any atom is -0.360 e. The third-order valence-corrected chi connectivity index (χ3v) is 4.82. The highest BCUT2D eigenvalue weighted by atomic mass is 35.5. The fraction of sp³-hybridized carbons (Fsp3) is 0.444. The molecule has 1 aromatic carbocycles. The minimum atomic E-state index is 0.106. The normalized spacial score (nSPS) is 17.5. The molecule has 0 saturated carbocycles. The van der Waals surface area contributed by atoms with Crippen molar-refractivity contribution >= 4 is 17.5 Å². The number of likely N-dealkylation sites (N-methyl/N-ethyl adjacent to an activating group) is 2. The monoisotopic (exact) mass is 347 g/mol. The molecule has 0 fully saturated rings. The minimum absolute atomic E-state index is 0.106. The lowest BCUT2D eigenvalue weighted by atomic mass is 9.94. The zero-order valence-electron chi connectivity index (χ0n) is 14.0. The SMILES string of the molecule is CN(C[C@@H]1Cc2ccccc2CN1C)C(=O)CCc1cc(Cl)no1. The van der Waals surface area contributed by atoms with Crippen LogP contribution in [0.3, 0.4) is 0 Å². The molecule has 2 heterocycles. The predicted octanol–water partition coefficient (Wildman–Crippen LogP) is 2.78. The van der Waals surface area contributed by atoms with Crippen LogP contribution in [0.2, 0.25) is 5.15 Å². The van der Waals surface area contributed by atoms with Gasteiger partial charge in [0, 0.05) is 45.1 Å². The summed E-state index contributed by atoms with van der Waals surface area (Å²) in [7, 11) is 3.99. The van der Waals surface area contributed by atoms with E-state index in [1.54, 1.807) is 6.07 Å². The van der Waals surface area contributed by atoms with E-state index >= 15 is 0 Å². The van der Waals surface area contributed by atoms with Crippen LogP contribution in [0.1, 0.15) is 23.3 Å². The average molecular weight is 348 g/mol. The first kappa shape index (κ1) is 17.0. The molecule has 1 aliphatic rings. The van der Waals surface area contributed by atoms with E-state index in [2.05, 4.69) is 41.4 Å². The van der Waals surface area contributed by atoms with Gasteiger partial charge in [0.1, 0.15) is 5.76 Å². The van der Waals surface area contributed by atoms with Gasteiger partial charge in [-0.2, -0.15) is 0 Å². The van der Waals surface area contributed by atoms with Crippen molar-refractivity contribution in [3.63, 3.8) is 0 Å². The van der Waals surface area contributed by atoms with Crippen LogP contribution in [0.15, 0.2) is 34.9 Å². The molecule has 0 saturated heterocycles. The van der Waals surface area contributed by atoms with E-state index in [4.69, 9.17) is 16.1 Å². The number of carbonyl (C=O) groups excluding carboxylic acids is 1. The molecule has 1 atom stereocenters. The lowest BCUT2D eigenvalue weighted by Crippen LogP contribution is -2.46. The molecule has 24 heavy (non-hydrogen) atoms. The van der Waals surface area contributed by atoms with Gasteiger partial charge in [0.05, 0.1) is 0 Å². The molecule has 1 aromatic heterocycles. The molecule has 0 aliphatic carbocycles. The maximum atomic E-state index is 12.4. The van der Waals surface area contributed by atoms with E-state index in [1.165, 1.54) is 11.1 Å². The molecule has 0 spiro atoms. The molecule has 5 nitrogen and oxygen atoms in total. The van der Waals surface area contributed by atoms with E-state index in [0.29, 0.717) is 29.8 Å². The molecule has 0 N–H and O–H groups in total. The van der Waals surface area contributed by atoms with Crippen LogP contribution in [0.5, 0.6) is 0 Å². The highest BCUT2D eigenvalue weighted by Crippen LogP contribution is 2.22. The lowest BCUT2D eigenvalue weighted by Gasteiger charge is -2.36. The summed E-state index contributed by atoms with van der Waals surface area (Å²) in [4.78, 5) is 16.5. The summed E-state index contributed by atoms with van der Waals surface area (Å²) in [5, 5.41) is 3.95. The van der Waals surface area contributed by atoms with Crippen LogP contribution in [-0.4, -0.2) is 47.5 Å². The number of hydrogen-bond donors (Lipinski definition) is 0. The van der Waals surface area contributed by atoms with Gasteiger partial charge in [0.2, 0.25) is 5.91 Å². The summed E-state index contributed by atoms with van der Waals surface area (Å²) in [5.74, 6) is 0.750. The summed E-state index contributed by atoms with van der Waals surface area (Å²) >= 11 is 5.72. The molecule has 0 radical (unpaired) electrons. The van der Waals surface area contributed by atoms with Gasteiger partial charge in [-0.15, -0.1) is 0 Å². The van der Waals surface area contributed by atoms with Crippen molar-refractivity contribution in [2.24, 2.45) is 0 Å². The Balaban J connectivity index is 1.54. The third kappa shape index (κ3) is 3.97. The number of nitrogens with zero attached hydrogens (tertiary/aromatic N) is 3. The topological polar surface area (TPSA) is 49.6 Å². The van der Waals surface area contributed by atoms with Gasteiger partial charge < -0.3 is 9.42 Å². The number of hydrogen-bond acceptors (Lipinski definition) is 4. The summed E-state index contributed by atoms with van der Waals surface area (Å²) < 4.78 is 5.04. The second-order valence-corrected chi connectivity index (χ2v) is 6.82. The van der Waals surface area contributed by atoms with Gasteiger partial charge >= 0.3 is 0 Å². The van der Waals surface area contributed by atoms with Crippen LogP contribution < -0.4 is 0 Å². The Bertz CT molecular complexity index is 716. The Kier molecular flexibility index (Phi) is 5.21. The molecular formula is C18H22ClN3O2. The van der Waals surface area contributed by atoms with E-state index < -0.39 is 0 Å². The van der Waals surface area contributed by atoms with Gasteiger partial charge in [-0.25, -0.2) is 0 Å². The van der Waals surface area contributed by atoms with E-state index in [0.717, 1.165) is 19.5 Å². The third-order valence-electron chi connectivity index (χ3n) is 4.64. The van der Waals surface area contributed by atoms with Gasteiger partial charge in [-0.05, 0) is 24.6 Å². The fourth-order valence-corrected chi connectivity index (χ4v) is 3.32. The summed E-state index contributed by atoms with van der Waals surface area (Å²) in [6, 6.07) is 10.5. The van der Waals surface area contributed by atoms with Gasteiger partial charge in [-0.1, -0.05) is 41.0 Å². The van der Waals surface area contributed by atoms with Crippen molar-refractivity contribution in [3.8, 4) is 0 Å². The second-order valence-electron chi connectivity index (χ2n) is 6.43. The molecular weight excluding hydrogens is 326 g/mol. The van der Waals surface area contributed by atoms with Crippen LogP contribution in [-0.2, 0) is 24.2 Å². The zero-order valence-corrected chi connectivity index (χ0v) is 14.8. The first-order valence-corrected chi connectivity index (χ1v) is 8.53. The van der Waals surface area contributed by atoms with Gasteiger partial charge in [-0.3, -0.25) is 9.69 Å². The number of rotatable bonds is 5. The molecule has 128 valence electrons. The fourth-order valence-electron chi connectivity index (χ4n) is 3.17. The molecule has 1 aliphatic heterocycles. The number of halogens is 1. The van der Waals surface area contributed by atoms with Gasteiger partial charge in [0.15, 0.2) is 5.15 Å². The number of amides is 1. The van der Waals surface area contributed by atoms with Crippen molar-refractivity contribution < 1.29 is 9.32 Å². The van der Waals surface area contributed by atoms with E-state index in [9.17, 15) is 4.79 Å². The van der Waals surface area contributed by atoms with Crippen LogP contribution in [0, 0.1) is 0 Å². The van der Waals surface area contributed by atoms with Gasteiger partial charge in [0.25, 0.3) is 0 Å². The lowest BCUT2D eigenvalue weighted by molar-refractivity contribution is -0.130. The number of carbonyl (C=O) groups is 1. The largest absolute Gasteiger partial charge is 0.360 e. The second kappa shape index (κ2) is 7.36. The number of benzene rings is 1. The van der Waals surface area contributed by atoms with Crippen LogP contribution in [0.25, 0.3) is 0 Å². The molecule has 3 rings (SSSR count). The number of aryl methyl sites for hydroxylation is 1. The summed E-state index contributed by atoms with van der Waals surface area (Å²) in [6.07, 6.45) is 1.89. The average Bonchev–Trinajstić information content (AvgIpc) is 2.98. The molecule has 6 heteroatoms. The van der Waals surface area contributed by atoms with Crippen molar-refractivity contribution in [1.82, 2.24) is 15.0 Å². The standard InChI is InChI=1S/C18H22ClN3O2/c1-21-11-14-6-4-3-5-13(14)9-15(21)12-22(2)18(23)8-7-16-10-17(19)20-24-16/h3-6,10,15H,7-9,11-12H2,1-2H3/t15-/m0/s1. The quantitative estimate of drug-likeness (QED) is 0.834. The maximum Gasteiger partial charge on any atom is 0.222 e. The Hall–Kier alpha value is -1.85. The molecule has 2 aromatic rings. The number of aromatic nitrogens is 1. The van der Waals surface area contributed by atoms with E-state index in [-0.39, 0.29) is 5.91 Å². The maximum absolute atomic E-state index is 12.4. The Morgan fingerprint density at radius 2 is 2.17 bits per heavy atom. The van der Waals surface area contributed by atoms with Crippen LogP contribution >= 0.6 is 11.6 Å². The molecule has 0 bridgehead atoms. The van der Waals surface area contributed by atoms with Crippen molar-refractivity contribution in [3.05, 3.63) is 52.4 Å². The smallest absolute Gasteiger partial charge is 0.222 e. The van der Waals surface area contributed by atoms with Crippen molar-refractivity contribution in [2.45, 2.75) is 31.8 Å². The highest BCUT2D eigenvalue weighted by Gasteiger charge is 2.25. The zero-order chi connectivity index (χ0) is 17.1.